The van der Waals surface area contributed by atoms with Gasteiger partial charge in [0.1, 0.15) is 11.6 Å². The predicted molar refractivity (Wildman–Crippen MR) is 59.3 cm³/mol. The van der Waals surface area contributed by atoms with Crippen molar-refractivity contribution < 1.29 is 18.3 Å². The highest BCUT2D eigenvalue weighted by molar-refractivity contribution is 9.08. The fourth-order valence-electron chi connectivity index (χ4n) is 1.33. The molecule has 1 aromatic rings. The zero-order valence-corrected chi connectivity index (χ0v) is 10.3. The van der Waals surface area contributed by atoms with Crippen LogP contribution in [0.3, 0.4) is 0 Å². The van der Waals surface area contributed by atoms with Crippen molar-refractivity contribution in [2.24, 2.45) is 0 Å². The second-order valence-corrected chi connectivity index (χ2v) is 3.70. The summed E-state index contributed by atoms with van der Waals surface area (Å²) in [6.45, 7) is 1.93. The number of halogens is 3. The van der Waals surface area contributed by atoms with Crippen molar-refractivity contribution in [1.82, 2.24) is 0 Å². The van der Waals surface area contributed by atoms with Crippen LogP contribution in [0.4, 0.5) is 8.78 Å². The molecular weight excluding hydrogens is 282 g/mol. The maximum absolute atomic E-state index is 13.3. The van der Waals surface area contributed by atoms with Crippen LogP contribution in [0.5, 0.6) is 0 Å². The number of ether oxygens (including phenoxy) is 1. The fourth-order valence-corrected chi connectivity index (χ4v) is 1.96. The number of alkyl halides is 1. The van der Waals surface area contributed by atoms with Crippen molar-refractivity contribution in [2.45, 2.75) is 18.7 Å². The van der Waals surface area contributed by atoms with Crippen molar-refractivity contribution in [1.29, 1.82) is 0 Å². The van der Waals surface area contributed by atoms with E-state index in [1.54, 1.807) is 6.92 Å². The van der Waals surface area contributed by atoms with Gasteiger partial charge in [-0.25, -0.2) is 8.78 Å². The number of benzene rings is 1. The van der Waals surface area contributed by atoms with Crippen LogP contribution in [0.25, 0.3) is 0 Å². The Morgan fingerprint density at radius 3 is 2.69 bits per heavy atom. The average Bonchev–Trinajstić information content (AvgIpc) is 2.17. The number of carbonyl (C=O) groups excluding carboxylic acids is 1. The summed E-state index contributed by atoms with van der Waals surface area (Å²) in [4.78, 5) is 11.2. The molecule has 0 radical (unpaired) electrons. The van der Waals surface area contributed by atoms with Gasteiger partial charge >= 0.3 is 5.97 Å². The van der Waals surface area contributed by atoms with E-state index in [1.165, 1.54) is 0 Å². The van der Waals surface area contributed by atoms with Crippen LogP contribution in [-0.4, -0.2) is 12.6 Å². The first-order valence-corrected chi connectivity index (χ1v) is 5.89. The van der Waals surface area contributed by atoms with Crippen LogP contribution in [0, 0.1) is 11.6 Å². The van der Waals surface area contributed by atoms with Gasteiger partial charge in [-0.1, -0.05) is 15.9 Å². The summed E-state index contributed by atoms with van der Waals surface area (Å²) in [7, 11) is 0. The summed E-state index contributed by atoms with van der Waals surface area (Å²) in [5.41, 5.74) is 0.599. The third kappa shape index (κ3) is 3.27. The minimum Gasteiger partial charge on any atom is -0.466 e. The van der Waals surface area contributed by atoms with Gasteiger partial charge in [0.05, 0.1) is 13.0 Å². The molecule has 88 valence electrons. The lowest BCUT2D eigenvalue weighted by atomic mass is 10.1. The standard InChI is InChI=1S/C11H11BrF2O2/c1-2-16-11(15)4-7-3-8(13)5-10(14)9(7)6-12/h3,5H,2,4,6H2,1H3. The first-order chi connectivity index (χ1) is 7.58. The van der Waals surface area contributed by atoms with Crippen molar-refractivity contribution in [3.8, 4) is 0 Å². The summed E-state index contributed by atoms with van der Waals surface area (Å²) in [6, 6.07) is 1.95. The molecule has 0 aliphatic rings. The predicted octanol–water partition coefficient (Wildman–Crippen LogP) is 2.97. The van der Waals surface area contributed by atoms with Crippen molar-refractivity contribution in [3.63, 3.8) is 0 Å². The van der Waals surface area contributed by atoms with Crippen LogP contribution in [0.1, 0.15) is 18.1 Å². The van der Waals surface area contributed by atoms with Crippen molar-refractivity contribution in [2.75, 3.05) is 6.61 Å². The monoisotopic (exact) mass is 292 g/mol. The number of hydrogen-bond donors (Lipinski definition) is 0. The lowest BCUT2D eigenvalue weighted by Gasteiger charge is -2.08. The molecule has 0 unspecified atom stereocenters. The molecule has 0 N–H and O–H groups in total. The van der Waals surface area contributed by atoms with Gasteiger partial charge in [0.25, 0.3) is 0 Å². The van der Waals surface area contributed by atoms with E-state index in [0.29, 0.717) is 5.56 Å². The molecular formula is C11H11BrF2O2. The van der Waals surface area contributed by atoms with Gasteiger partial charge in [-0.05, 0) is 18.6 Å². The van der Waals surface area contributed by atoms with E-state index in [4.69, 9.17) is 4.74 Å². The molecule has 0 bridgehead atoms. The van der Waals surface area contributed by atoms with Crippen LogP contribution in [0.15, 0.2) is 12.1 Å². The number of rotatable bonds is 4. The molecule has 1 rings (SSSR count). The van der Waals surface area contributed by atoms with Gasteiger partial charge in [-0.3, -0.25) is 4.79 Å². The molecule has 0 fully saturated rings. The second kappa shape index (κ2) is 5.94. The van der Waals surface area contributed by atoms with E-state index in [2.05, 4.69) is 15.9 Å². The highest BCUT2D eigenvalue weighted by Gasteiger charge is 2.13. The average molecular weight is 293 g/mol. The van der Waals surface area contributed by atoms with Gasteiger partial charge in [-0.15, -0.1) is 0 Å². The molecule has 5 heteroatoms. The molecule has 0 saturated carbocycles. The lowest BCUT2D eigenvalue weighted by molar-refractivity contribution is -0.142. The molecule has 0 atom stereocenters. The smallest absolute Gasteiger partial charge is 0.310 e. The molecule has 0 saturated heterocycles. The summed E-state index contributed by atoms with van der Waals surface area (Å²) >= 11 is 3.10. The van der Waals surface area contributed by atoms with Crippen LogP contribution >= 0.6 is 15.9 Å². The minimum absolute atomic E-state index is 0.122. The van der Waals surface area contributed by atoms with Crippen LogP contribution in [-0.2, 0) is 21.3 Å². The summed E-state index contributed by atoms with van der Waals surface area (Å²) in [6.07, 6.45) is -0.122. The van der Waals surface area contributed by atoms with Crippen LogP contribution in [0.2, 0.25) is 0 Å². The normalized spacial score (nSPS) is 10.2. The van der Waals surface area contributed by atoms with Gasteiger partial charge in [0.2, 0.25) is 0 Å². The Balaban J connectivity index is 2.97. The maximum atomic E-state index is 13.3. The van der Waals surface area contributed by atoms with Crippen LogP contribution < -0.4 is 0 Å². The van der Waals surface area contributed by atoms with E-state index in [1.807, 2.05) is 0 Å². The topological polar surface area (TPSA) is 26.3 Å². The number of hydrogen-bond acceptors (Lipinski definition) is 2. The zero-order valence-electron chi connectivity index (χ0n) is 8.73. The van der Waals surface area contributed by atoms with E-state index in [9.17, 15) is 13.6 Å². The SMILES string of the molecule is CCOC(=O)Cc1cc(F)cc(F)c1CBr. The molecule has 0 amide bonds. The Bertz CT molecular complexity index is 394. The minimum atomic E-state index is -0.693. The van der Waals surface area contributed by atoms with Gasteiger partial charge in [0, 0.05) is 17.0 Å². The van der Waals surface area contributed by atoms with Gasteiger partial charge < -0.3 is 4.74 Å². The highest BCUT2D eigenvalue weighted by atomic mass is 79.9. The van der Waals surface area contributed by atoms with Crippen molar-refractivity contribution >= 4 is 21.9 Å². The maximum Gasteiger partial charge on any atom is 0.310 e. The zero-order chi connectivity index (χ0) is 12.1. The first kappa shape index (κ1) is 13.1. The van der Waals surface area contributed by atoms with E-state index >= 15 is 0 Å². The Labute approximate surface area is 101 Å². The van der Waals surface area contributed by atoms with Gasteiger partial charge in [-0.2, -0.15) is 0 Å². The molecule has 16 heavy (non-hydrogen) atoms. The molecule has 0 aliphatic carbocycles. The Morgan fingerprint density at radius 1 is 1.44 bits per heavy atom. The number of carbonyl (C=O) groups is 1. The molecule has 0 aliphatic heterocycles. The molecule has 0 heterocycles. The van der Waals surface area contributed by atoms with Crippen molar-refractivity contribution in [3.05, 3.63) is 34.9 Å². The molecule has 2 nitrogen and oxygen atoms in total. The van der Waals surface area contributed by atoms with E-state index < -0.39 is 17.6 Å². The first-order valence-electron chi connectivity index (χ1n) is 4.76. The molecule has 0 aromatic heterocycles. The Morgan fingerprint density at radius 2 is 2.12 bits per heavy atom. The Kier molecular flexibility index (Phi) is 4.86. The summed E-state index contributed by atoms with van der Waals surface area (Å²) in [5.74, 6) is -1.84. The second-order valence-electron chi connectivity index (χ2n) is 3.14. The summed E-state index contributed by atoms with van der Waals surface area (Å²) in [5, 5.41) is 0.230. The fraction of sp³-hybridized carbons (Fsp3) is 0.364. The molecule has 0 spiro atoms. The van der Waals surface area contributed by atoms with E-state index in [-0.39, 0.29) is 23.9 Å². The third-order valence-corrected chi connectivity index (χ3v) is 2.59. The quantitative estimate of drug-likeness (QED) is 0.630. The summed E-state index contributed by atoms with van der Waals surface area (Å²) < 4.78 is 31.0. The lowest BCUT2D eigenvalue weighted by Crippen LogP contribution is -2.10. The Hall–Kier alpha value is -0.970. The van der Waals surface area contributed by atoms with Gasteiger partial charge in [0.15, 0.2) is 0 Å². The number of esters is 1. The molecule has 1 aromatic carbocycles. The van der Waals surface area contributed by atoms with E-state index in [0.717, 1.165) is 12.1 Å². The third-order valence-electron chi connectivity index (χ3n) is 2.03. The highest BCUT2D eigenvalue weighted by Crippen LogP contribution is 2.19. The largest absolute Gasteiger partial charge is 0.466 e.